The summed E-state index contributed by atoms with van der Waals surface area (Å²) in [5.41, 5.74) is -0.107. The van der Waals surface area contributed by atoms with Crippen LogP contribution in [0.4, 0.5) is 0 Å². The van der Waals surface area contributed by atoms with E-state index in [0.717, 1.165) is 12.3 Å². The second-order valence-electron chi connectivity index (χ2n) is 7.28. The fourth-order valence-corrected chi connectivity index (χ4v) is 3.48. The van der Waals surface area contributed by atoms with Crippen molar-refractivity contribution in [1.82, 2.24) is 10.2 Å². The highest BCUT2D eigenvalue weighted by Crippen LogP contribution is 2.28. The molecule has 0 heterocycles. The third-order valence-electron chi connectivity index (χ3n) is 5.00. The number of hydrogen-bond acceptors (Lipinski definition) is 3. The molecule has 112 valence electrons. The molecule has 0 spiro atoms. The number of aliphatic hydroxyl groups is 1. The van der Waals surface area contributed by atoms with Crippen LogP contribution < -0.4 is 5.32 Å². The van der Waals surface area contributed by atoms with Crippen molar-refractivity contribution in [3.05, 3.63) is 0 Å². The molecule has 2 aliphatic carbocycles. The molecule has 0 amide bonds. The molecule has 3 nitrogen and oxygen atoms in total. The Morgan fingerprint density at radius 3 is 2.42 bits per heavy atom. The van der Waals surface area contributed by atoms with Crippen LogP contribution in [0.25, 0.3) is 0 Å². The Hall–Kier alpha value is -0.120. The van der Waals surface area contributed by atoms with Crippen molar-refractivity contribution in [1.29, 1.82) is 0 Å². The van der Waals surface area contributed by atoms with E-state index < -0.39 is 0 Å². The van der Waals surface area contributed by atoms with Gasteiger partial charge in [-0.3, -0.25) is 0 Å². The lowest BCUT2D eigenvalue weighted by Crippen LogP contribution is -2.51. The summed E-state index contributed by atoms with van der Waals surface area (Å²) in [6.45, 7) is 5.94. The molecule has 0 aromatic heterocycles. The number of nitrogens with one attached hydrogen (secondary N) is 1. The zero-order chi connectivity index (χ0) is 13.9. The van der Waals surface area contributed by atoms with E-state index in [2.05, 4.69) is 31.1 Å². The first-order chi connectivity index (χ1) is 9.02. The Bertz CT molecular complexity index is 274. The zero-order valence-electron chi connectivity index (χ0n) is 13.0. The molecule has 2 atom stereocenters. The summed E-state index contributed by atoms with van der Waals surface area (Å²) in [6, 6.07) is 1.19. The van der Waals surface area contributed by atoms with E-state index in [-0.39, 0.29) is 12.1 Å². The van der Waals surface area contributed by atoms with E-state index in [1.165, 1.54) is 45.1 Å². The van der Waals surface area contributed by atoms with E-state index in [9.17, 15) is 5.11 Å². The van der Waals surface area contributed by atoms with Crippen LogP contribution in [0.15, 0.2) is 0 Å². The molecular weight excluding hydrogens is 236 g/mol. The van der Waals surface area contributed by atoms with Gasteiger partial charge in [-0.2, -0.15) is 0 Å². The monoisotopic (exact) mass is 268 g/mol. The third kappa shape index (κ3) is 4.73. The molecule has 0 bridgehead atoms. The van der Waals surface area contributed by atoms with Crippen molar-refractivity contribution in [3.63, 3.8) is 0 Å². The zero-order valence-corrected chi connectivity index (χ0v) is 13.0. The predicted octanol–water partition coefficient (Wildman–Crippen LogP) is 2.39. The Morgan fingerprint density at radius 1 is 1.26 bits per heavy atom. The van der Waals surface area contributed by atoms with E-state index in [4.69, 9.17) is 0 Å². The molecule has 0 radical (unpaired) electrons. The molecule has 2 unspecified atom stereocenters. The molecule has 0 aromatic rings. The van der Waals surface area contributed by atoms with Crippen LogP contribution in [-0.2, 0) is 0 Å². The predicted molar refractivity (Wildman–Crippen MR) is 80.3 cm³/mol. The van der Waals surface area contributed by atoms with Gasteiger partial charge in [0.15, 0.2) is 0 Å². The molecule has 2 N–H and O–H groups in total. The highest BCUT2D eigenvalue weighted by molar-refractivity contribution is 4.94. The average Bonchev–Trinajstić information content (AvgIpc) is 3.02. The molecule has 2 aliphatic rings. The van der Waals surface area contributed by atoms with Crippen LogP contribution >= 0.6 is 0 Å². The minimum absolute atomic E-state index is 0.107. The van der Waals surface area contributed by atoms with Gasteiger partial charge in [-0.05, 0) is 58.9 Å². The maximum Gasteiger partial charge on any atom is 0.0611 e. The highest BCUT2D eigenvalue weighted by Gasteiger charge is 2.34. The first kappa shape index (κ1) is 15.3. The van der Waals surface area contributed by atoms with Crippen molar-refractivity contribution >= 4 is 0 Å². The van der Waals surface area contributed by atoms with Gasteiger partial charge >= 0.3 is 0 Å². The van der Waals surface area contributed by atoms with Crippen LogP contribution in [0.1, 0.15) is 58.8 Å². The molecule has 0 saturated heterocycles. The van der Waals surface area contributed by atoms with Gasteiger partial charge < -0.3 is 15.3 Å². The second kappa shape index (κ2) is 6.55. The normalized spacial score (nSPS) is 25.7. The van der Waals surface area contributed by atoms with Crippen molar-refractivity contribution in [3.8, 4) is 0 Å². The van der Waals surface area contributed by atoms with Crippen LogP contribution in [0.5, 0.6) is 0 Å². The van der Waals surface area contributed by atoms with Gasteiger partial charge in [0.05, 0.1) is 6.61 Å². The van der Waals surface area contributed by atoms with E-state index in [0.29, 0.717) is 12.1 Å². The standard InChI is InChI=1S/C16H32N2O/c1-13(18(3)11-14-6-4-5-7-14)10-16(2,12-19)17-15-8-9-15/h13-15,17,19H,4-12H2,1-3H3. The van der Waals surface area contributed by atoms with Gasteiger partial charge in [0, 0.05) is 24.2 Å². The van der Waals surface area contributed by atoms with Crippen molar-refractivity contribution < 1.29 is 5.11 Å². The lowest BCUT2D eigenvalue weighted by molar-refractivity contribution is 0.118. The third-order valence-corrected chi connectivity index (χ3v) is 5.00. The average molecular weight is 268 g/mol. The first-order valence-corrected chi connectivity index (χ1v) is 8.11. The smallest absolute Gasteiger partial charge is 0.0611 e. The fourth-order valence-electron chi connectivity index (χ4n) is 3.48. The molecule has 2 rings (SSSR count). The first-order valence-electron chi connectivity index (χ1n) is 8.11. The van der Waals surface area contributed by atoms with Crippen LogP contribution in [-0.4, -0.2) is 47.8 Å². The van der Waals surface area contributed by atoms with Crippen molar-refractivity contribution in [2.24, 2.45) is 5.92 Å². The van der Waals surface area contributed by atoms with Gasteiger partial charge in [0.25, 0.3) is 0 Å². The van der Waals surface area contributed by atoms with Crippen LogP contribution in [0.3, 0.4) is 0 Å². The second-order valence-corrected chi connectivity index (χ2v) is 7.28. The van der Waals surface area contributed by atoms with E-state index in [1.807, 2.05) is 0 Å². The lowest BCUT2D eigenvalue weighted by atomic mass is 9.93. The summed E-state index contributed by atoms with van der Waals surface area (Å²) in [7, 11) is 2.25. The summed E-state index contributed by atoms with van der Waals surface area (Å²) in [4.78, 5) is 2.50. The quantitative estimate of drug-likeness (QED) is 0.709. The molecular formula is C16H32N2O. The fraction of sp³-hybridized carbons (Fsp3) is 1.00. The van der Waals surface area contributed by atoms with E-state index in [1.54, 1.807) is 0 Å². The largest absolute Gasteiger partial charge is 0.394 e. The summed E-state index contributed by atoms with van der Waals surface area (Å²) >= 11 is 0. The van der Waals surface area contributed by atoms with Gasteiger partial charge in [-0.25, -0.2) is 0 Å². The van der Waals surface area contributed by atoms with Crippen molar-refractivity contribution in [2.75, 3.05) is 20.2 Å². The maximum atomic E-state index is 9.70. The summed E-state index contributed by atoms with van der Waals surface area (Å²) in [5.74, 6) is 0.907. The topological polar surface area (TPSA) is 35.5 Å². The Balaban J connectivity index is 1.77. The van der Waals surface area contributed by atoms with Crippen molar-refractivity contribution in [2.45, 2.75) is 76.4 Å². The highest BCUT2D eigenvalue weighted by atomic mass is 16.3. The molecule has 19 heavy (non-hydrogen) atoms. The molecule has 0 aliphatic heterocycles. The maximum absolute atomic E-state index is 9.70. The molecule has 2 saturated carbocycles. The van der Waals surface area contributed by atoms with Gasteiger partial charge in [0.1, 0.15) is 0 Å². The minimum atomic E-state index is -0.107. The van der Waals surface area contributed by atoms with Crippen LogP contribution in [0.2, 0.25) is 0 Å². The Morgan fingerprint density at radius 2 is 1.89 bits per heavy atom. The SMILES string of the molecule is CC(CC(C)(CO)NC1CC1)N(C)CC1CCCC1. The molecule has 2 fully saturated rings. The minimum Gasteiger partial charge on any atom is -0.394 e. The van der Waals surface area contributed by atoms with Gasteiger partial charge in [0.2, 0.25) is 0 Å². The van der Waals surface area contributed by atoms with Gasteiger partial charge in [-0.1, -0.05) is 12.8 Å². The number of nitrogens with zero attached hydrogens (tertiary/aromatic N) is 1. The molecule has 0 aromatic carbocycles. The Kier molecular flexibility index (Phi) is 5.27. The summed E-state index contributed by atoms with van der Waals surface area (Å²) in [5, 5.41) is 13.3. The Labute approximate surface area is 118 Å². The lowest BCUT2D eigenvalue weighted by Gasteiger charge is -2.36. The summed E-state index contributed by atoms with van der Waals surface area (Å²) < 4.78 is 0. The summed E-state index contributed by atoms with van der Waals surface area (Å²) in [6.07, 6.45) is 9.26. The van der Waals surface area contributed by atoms with E-state index >= 15 is 0 Å². The number of aliphatic hydroxyl groups excluding tert-OH is 1. The number of rotatable bonds is 8. The molecule has 3 heteroatoms. The van der Waals surface area contributed by atoms with Crippen LogP contribution in [0, 0.1) is 5.92 Å². The van der Waals surface area contributed by atoms with Gasteiger partial charge in [-0.15, -0.1) is 0 Å². The number of hydrogen-bond donors (Lipinski definition) is 2.